The first-order chi connectivity index (χ1) is 14.0. The number of carbonyl (C=O) groups excluding carboxylic acids is 1. The molecule has 0 radical (unpaired) electrons. The summed E-state index contributed by atoms with van der Waals surface area (Å²) in [5.74, 6) is 1.14. The van der Waals surface area contributed by atoms with Gasteiger partial charge in [0.15, 0.2) is 0 Å². The number of piperazine rings is 1. The molecule has 29 heavy (non-hydrogen) atoms. The van der Waals surface area contributed by atoms with Gasteiger partial charge in [0.1, 0.15) is 11.6 Å². The van der Waals surface area contributed by atoms with Gasteiger partial charge in [-0.3, -0.25) is 0 Å². The molecule has 3 heterocycles. The number of aryl methyl sites for hydroxylation is 1. The van der Waals surface area contributed by atoms with Gasteiger partial charge in [0, 0.05) is 44.8 Å². The number of anilines is 2. The number of benzene rings is 1. The number of hydrogen-bond donors (Lipinski definition) is 2. The highest BCUT2D eigenvalue weighted by Crippen LogP contribution is 2.34. The van der Waals surface area contributed by atoms with E-state index in [-0.39, 0.29) is 17.7 Å². The molecule has 9 heteroatoms. The first kappa shape index (κ1) is 19.3. The molecular weight excluding hydrogens is 372 g/mol. The highest BCUT2D eigenvalue weighted by Gasteiger charge is 2.28. The highest BCUT2D eigenvalue weighted by molar-refractivity contribution is 5.80. The third-order valence-electron chi connectivity index (χ3n) is 5.35. The van der Waals surface area contributed by atoms with Crippen molar-refractivity contribution in [3.8, 4) is 16.9 Å². The minimum absolute atomic E-state index is 0.0690. The van der Waals surface area contributed by atoms with Crippen LogP contribution >= 0.6 is 0 Å². The molecule has 1 aromatic heterocycles. The van der Waals surface area contributed by atoms with Crippen molar-refractivity contribution in [3.05, 3.63) is 30.0 Å². The molecular formula is C20H26N6O3. The van der Waals surface area contributed by atoms with Crippen LogP contribution in [-0.4, -0.2) is 83.4 Å². The lowest BCUT2D eigenvalue weighted by atomic mass is 10.0. The first-order valence-corrected chi connectivity index (χ1v) is 9.83. The topological polar surface area (TPSA) is 108 Å². The second-order valence-corrected chi connectivity index (χ2v) is 7.27. The van der Waals surface area contributed by atoms with Gasteiger partial charge in [0.05, 0.1) is 18.9 Å². The predicted octanol–water partition coefficient (Wildman–Crippen LogP) is 1.31. The average molecular weight is 398 g/mol. The maximum Gasteiger partial charge on any atom is 0.320 e. The molecule has 9 nitrogen and oxygen atoms in total. The van der Waals surface area contributed by atoms with Gasteiger partial charge in [-0.15, -0.1) is 0 Å². The highest BCUT2D eigenvalue weighted by atomic mass is 16.5. The molecule has 2 amide bonds. The van der Waals surface area contributed by atoms with E-state index in [1.807, 2.05) is 22.8 Å². The van der Waals surface area contributed by atoms with Gasteiger partial charge in [-0.25, -0.2) is 9.78 Å². The number of nitrogens with zero attached hydrogens (tertiary/aromatic N) is 5. The van der Waals surface area contributed by atoms with Crippen molar-refractivity contribution in [2.75, 3.05) is 63.1 Å². The van der Waals surface area contributed by atoms with Crippen LogP contribution in [-0.2, 0) is 4.74 Å². The number of aromatic nitrogens is 2. The van der Waals surface area contributed by atoms with Crippen molar-refractivity contribution < 1.29 is 14.6 Å². The summed E-state index contributed by atoms with van der Waals surface area (Å²) < 4.78 is 5.33. The molecule has 2 saturated heterocycles. The van der Waals surface area contributed by atoms with Crippen LogP contribution in [0.4, 0.5) is 16.6 Å². The monoisotopic (exact) mass is 398 g/mol. The van der Waals surface area contributed by atoms with Crippen molar-refractivity contribution in [1.29, 1.82) is 0 Å². The van der Waals surface area contributed by atoms with Crippen molar-refractivity contribution in [1.82, 2.24) is 19.8 Å². The van der Waals surface area contributed by atoms with Gasteiger partial charge in [0.2, 0.25) is 5.95 Å². The molecule has 0 saturated carbocycles. The number of aromatic hydroxyl groups is 1. The van der Waals surface area contributed by atoms with E-state index in [0.717, 1.165) is 22.6 Å². The third kappa shape index (κ3) is 4.04. The maximum absolute atomic E-state index is 12.7. The lowest BCUT2D eigenvalue weighted by molar-refractivity contribution is 0.0428. The number of nitrogen functional groups attached to an aromatic ring is 1. The molecule has 4 rings (SSSR count). The fourth-order valence-electron chi connectivity index (χ4n) is 3.87. The van der Waals surface area contributed by atoms with Crippen molar-refractivity contribution >= 4 is 17.8 Å². The Hall–Kier alpha value is -3.07. The molecule has 2 fully saturated rings. The number of nitrogens with two attached hydrogens (primary N) is 1. The molecule has 0 bridgehead atoms. The molecule has 0 atom stereocenters. The summed E-state index contributed by atoms with van der Waals surface area (Å²) in [6.45, 7) is 6.88. The van der Waals surface area contributed by atoms with Crippen LogP contribution in [0.5, 0.6) is 5.75 Å². The Balaban J connectivity index is 1.54. The Kier molecular flexibility index (Phi) is 5.39. The van der Waals surface area contributed by atoms with Crippen molar-refractivity contribution in [2.45, 2.75) is 6.92 Å². The number of morpholine rings is 1. The van der Waals surface area contributed by atoms with Gasteiger partial charge in [-0.2, -0.15) is 4.98 Å². The number of amides is 2. The zero-order valence-electron chi connectivity index (χ0n) is 16.5. The van der Waals surface area contributed by atoms with Crippen LogP contribution in [0.15, 0.2) is 24.3 Å². The SMILES string of the molecule is Cc1nc(N)nc(N2CCN(C(=O)N3CCOCC3)CC2)c1-c1cccc(O)c1. The van der Waals surface area contributed by atoms with Gasteiger partial charge >= 0.3 is 6.03 Å². The Bertz CT molecular complexity index is 892. The second-order valence-electron chi connectivity index (χ2n) is 7.27. The molecule has 154 valence electrons. The summed E-state index contributed by atoms with van der Waals surface area (Å²) in [6, 6.07) is 7.11. The fourth-order valence-corrected chi connectivity index (χ4v) is 3.87. The Morgan fingerprint density at radius 1 is 1.07 bits per heavy atom. The molecule has 2 aromatic rings. The van der Waals surface area contributed by atoms with E-state index >= 15 is 0 Å². The third-order valence-corrected chi connectivity index (χ3v) is 5.35. The normalized spacial score (nSPS) is 17.5. The Morgan fingerprint density at radius 2 is 1.76 bits per heavy atom. The summed E-state index contributed by atoms with van der Waals surface area (Å²) >= 11 is 0. The van der Waals surface area contributed by atoms with Gasteiger partial charge in [0.25, 0.3) is 0 Å². The Labute approximate surface area is 169 Å². The van der Waals surface area contributed by atoms with Crippen LogP contribution in [0.25, 0.3) is 11.1 Å². The van der Waals surface area contributed by atoms with Crippen LogP contribution < -0.4 is 10.6 Å². The number of urea groups is 1. The summed E-state index contributed by atoms with van der Waals surface area (Å²) in [7, 11) is 0. The zero-order valence-corrected chi connectivity index (χ0v) is 16.5. The van der Waals surface area contributed by atoms with E-state index in [1.54, 1.807) is 18.2 Å². The van der Waals surface area contributed by atoms with E-state index < -0.39 is 0 Å². The van der Waals surface area contributed by atoms with Crippen LogP contribution in [0.2, 0.25) is 0 Å². The molecule has 0 unspecified atom stereocenters. The quantitative estimate of drug-likeness (QED) is 0.785. The molecule has 1 aromatic carbocycles. The molecule has 0 spiro atoms. The number of phenolic OH excluding ortho intramolecular Hbond substituents is 1. The first-order valence-electron chi connectivity index (χ1n) is 9.83. The lowest BCUT2D eigenvalue weighted by Crippen LogP contribution is -2.55. The van der Waals surface area contributed by atoms with Crippen LogP contribution in [0.3, 0.4) is 0 Å². The molecule has 3 N–H and O–H groups in total. The standard InChI is InChI=1S/C20H26N6O3/c1-14-17(15-3-2-4-16(27)13-15)18(23-19(21)22-14)24-5-7-25(8-6-24)20(28)26-9-11-29-12-10-26/h2-4,13,27H,5-12H2,1H3,(H2,21,22,23). The van der Waals surface area contributed by atoms with Gasteiger partial charge in [-0.1, -0.05) is 12.1 Å². The predicted molar refractivity (Wildman–Crippen MR) is 110 cm³/mol. The molecule has 0 aliphatic carbocycles. The summed E-state index contributed by atoms with van der Waals surface area (Å²) in [4.78, 5) is 27.4. The lowest BCUT2D eigenvalue weighted by Gasteiger charge is -2.39. The smallest absolute Gasteiger partial charge is 0.320 e. The van der Waals surface area contributed by atoms with E-state index in [1.165, 1.54) is 0 Å². The Morgan fingerprint density at radius 3 is 2.45 bits per heavy atom. The van der Waals surface area contributed by atoms with Gasteiger partial charge < -0.3 is 30.3 Å². The summed E-state index contributed by atoms with van der Waals surface area (Å²) in [5, 5.41) is 9.90. The number of carbonyl (C=O) groups is 1. The molecule has 2 aliphatic heterocycles. The average Bonchev–Trinajstić information content (AvgIpc) is 2.73. The number of ether oxygens (including phenoxy) is 1. The second kappa shape index (κ2) is 8.12. The minimum Gasteiger partial charge on any atom is -0.508 e. The van der Waals surface area contributed by atoms with Crippen molar-refractivity contribution in [2.24, 2.45) is 0 Å². The van der Waals surface area contributed by atoms with Crippen LogP contribution in [0.1, 0.15) is 5.69 Å². The maximum atomic E-state index is 12.7. The van der Waals surface area contributed by atoms with E-state index in [2.05, 4.69) is 14.9 Å². The van der Waals surface area contributed by atoms with E-state index in [4.69, 9.17) is 10.5 Å². The van der Waals surface area contributed by atoms with Crippen LogP contribution in [0, 0.1) is 6.92 Å². The van der Waals surface area contributed by atoms with Crippen molar-refractivity contribution in [3.63, 3.8) is 0 Å². The molecule has 2 aliphatic rings. The van der Waals surface area contributed by atoms with Gasteiger partial charge in [-0.05, 0) is 24.6 Å². The summed E-state index contributed by atoms with van der Waals surface area (Å²) in [6.07, 6.45) is 0. The zero-order chi connectivity index (χ0) is 20.4. The minimum atomic E-state index is 0.0690. The number of rotatable bonds is 2. The van der Waals surface area contributed by atoms with E-state index in [9.17, 15) is 9.90 Å². The number of hydrogen-bond acceptors (Lipinski definition) is 7. The largest absolute Gasteiger partial charge is 0.508 e. The number of phenols is 1. The van der Waals surface area contributed by atoms with E-state index in [0.29, 0.717) is 52.5 Å². The summed E-state index contributed by atoms with van der Waals surface area (Å²) in [5.41, 5.74) is 8.38. The fraction of sp³-hybridized carbons (Fsp3) is 0.450.